The summed E-state index contributed by atoms with van der Waals surface area (Å²) in [6.45, 7) is 6.39. The molecule has 1 unspecified atom stereocenters. The van der Waals surface area contributed by atoms with Crippen LogP contribution < -0.4 is 0 Å². The second kappa shape index (κ2) is 5.53. The molecule has 1 saturated carbocycles. The second-order valence-corrected chi connectivity index (χ2v) is 4.80. The monoisotopic (exact) mass is 196 g/mol. The van der Waals surface area contributed by atoms with Gasteiger partial charge >= 0.3 is 0 Å². The molecule has 0 aromatic heterocycles. The summed E-state index contributed by atoms with van der Waals surface area (Å²) in [5, 5.41) is 0. The molecule has 1 fully saturated rings. The van der Waals surface area contributed by atoms with Gasteiger partial charge < -0.3 is 0 Å². The maximum absolute atomic E-state index is 11.6. The lowest BCUT2D eigenvalue weighted by molar-refractivity contribution is -0.124. The summed E-state index contributed by atoms with van der Waals surface area (Å²) in [5.41, 5.74) is 0. The Morgan fingerprint density at radius 2 is 1.79 bits per heavy atom. The van der Waals surface area contributed by atoms with Crippen LogP contribution in [-0.2, 0) is 4.79 Å². The topological polar surface area (TPSA) is 17.1 Å². The first-order chi connectivity index (χ1) is 6.69. The summed E-state index contributed by atoms with van der Waals surface area (Å²) in [6, 6.07) is 0. The number of hydrogen-bond donors (Lipinski definition) is 0. The van der Waals surface area contributed by atoms with Gasteiger partial charge in [0.25, 0.3) is 0 Å². The maximum Gasteiger partial charge on any atom is 0.135 e. The van der Waals surface area contributed by atoms with Crippen LogP contribution in [0.1, 0.15) is 59.3 Å². The van der Waals surface area contributed by atoms with Gasteiger partial charge in [-0.05, 0) is 24.7 Å². The lowest BCUT2D eigenvalue weighted by Gasteiger charge is -2.31. The van der Waals surface area contributed by atoms with Gasteiger partial charge in [-0.25, -0.2) is 0 Å². The molecule has 0 aliphatic heterocycles. The summed E-state index contributed by atoms with van der Waals surface area (Å²) in [4.78, 5) is 11.6. The third kappa shape index (κ3) is 2.83. The van der Waals surface area contributed by atoms with Gasteiger partial charge in [0.1, 0.15) is 5.78 Å². The van der Waals surface area contributed by atoms with Gasteiger partial charge in [-0.15, -0.1) is 0 Å². The van der Waals surface area contributed by atoms with E-state index in [1.165, 1.54) is 32.1 Å². The third-order valence-corrected chi connectivity index (χ3v) is 4.03. The first kappa shape index (κ1) is 11.7. The van der Waals surface area contributed by atoms with E-state index >= 15 is 0 Å². The first-order valence-corrected chi connectivity index (χ1v) is 6.21. The molecule has 0 heterocycles. The van der Waals surface area contributed by atoms with Crippen LogP contribution in [-0.4, -0.2) is 5.78 Å². The molecule has 0 aromatic rings. The third-order valence-electron chi connectivity index (χ3n) is 4.03. The molecule has 1 aliphatic carbocycles. The van der Waals surface area contributed by atoms with E-state index in [9.17, 15) is 4.79 Å². The molecule has 0 radical (unpaired) electrons. The minimum atomic E-state index is 0.317. The zero-order valence-corrected chi connectivity index (χ0v) is 9.88. The van der Waals surface area contributed by atoms with E-state index in [1.54, 1.807) is 0 Å². The van der Waals surface area contributed by atoms with E-state index in [2.05, 4.69) is 13.8 Å². The summed E-state index contributed by atoms with van der Waals surface area (Å²) in [7, 11) is 0. The van der Waals surface area contributed by atoms with Gasteiger partial charge in [0.05, 0.1) is 0 Å². The van der Waals surface area contributed by atoms with Crippen LogP contribution in [0, 0.1) is 17.8 Å². The van der Waals surface area contributed by atoms with Gasteiger partial charge in [0, 0.05) is 12.3 Å². The van der Waals surface area contributed by atoms with Crippen molar-refractivity contribution < 1.29 is 4.79 Å². The molecule has 0 aromatic carbocycles. The summed E-state index contributed by atoms with van der Waals surface area (Å²) in [6.07, 6.45) is 7.31. The van der Waals surface area contributed by atoms with Crippen LogP contribution in [0.5, 0.6) is 0 Å². The van der Waals surface area contributed by atoms with Gasteiger partial charge in [-0.3, -0.25) is 4.79 Å². The van der Waals surface area contributed by atoms with Crippen molar-refractivity contribution in [2.75, 3.05) is 0 Å². The Balaban J connectivity index is 2.37. The van der Waals surface area contributed by atoms with Crippen molar-refractivity contribution in [3.63, 3.8) is 0 Å². The molecule has 0 amide bonds. The molecule has 1 nitrogen and oxygen atoms in total. The van der Waals surface area contributed by atoms with Gasteiger partial charge in [0.2, 0.25) is 0 Å². The molecule has 1 heteroatoms. The Bertz CT molecular complexity index is 178. The number of Topliss-reactive ketones (excluding diaryl/α,β-unsaturated/α-hetero) is 1. The molecular formula is C13H24O. The molecule has 0 bridgehead atoms. The minimum absolute atomic E-state index is 0.317. The molecule has 1 aliphatic rings. The Hall–Kier alpha value is -0.330. The van der Waals surface area contributed by atoms with Crippen molar-refractivity contribution in [3.8, 4) is 0 Å². The quantitative estimate of drug-likeness (QED) is 0.668. The van der Waals surface area contributed by atoms with Crippen molar-refractivity contribution in [1.82, 2.24) is 0 Å². The predicted molar refractivity (Wildman–Crippen MR) is 60.2 cm³/mol. The van der Waals surface area contributed by atoms with E-state index in [-0.39, 0.29) is 0 Å². The SMILES string of the molecule is CCC(=O)C(C)C1CCC(CC)CC1. The number of carbonyl (C=O) groups excluding carboxylic acids is 1. The van der Waals surface area contributed by atoms with Gasteiger partial charge in [-0.2, -0.15) is 0 Å². The van der Waals surface area contributed by atoms with E-state index in [0.29, 0.717) is 17.6 Å². The number of carbonyl (C=O) groups is 1. The highest BCUT2D eigenvalue weighted by molar-refractivity contribution is 5.80. The lowest BCUT2D eigenvalue weighted by Crippen LogP contribution is -2.25. The lowest BCUT2D eigenvalue weighted by atomic mass is 9.74. The van der Waals surface area contributed by atoms with E-state index in [4.69, 9.17) is 0 Å². The molecule has 0 spiro atoms. The standard InChI is InChI=1S/C13H24O/c1-4-11-6-8-12(9-7-11)10(3)13(14)5-2/h10-12H,4-9H2,1-3H3. The highest BCUT2D eigenvalue weighted by atomic mass is 16.1. The molecular weight excluding hydrogens is 172 g/mol. The molecule has 82 valence electrons. The Morgan fingerprint density at radius 1 is 1.21 bits per heavy atom. The van der Waals surface area contributed by atoms with E-state index < -0.39 is 0 Å². The fourth-order valence-electron chi connectivity index (χ4n) is 2.68. The van der Waals surface area contributed by atoms with Crippen molar-refractivity contribution in [3.05, 3.63) is 0 Å². The van der Waals surface area contributed by atoms with E-state index in [1.807, 2.05) is 6.92 Å². The van der Waals surface area contributed by atoms with Crippen LogP contribution in [0.2, 0.25) is 0 Å². The van der Waals surface area contributed by atoms with Crippen molar-refractivity contribution in [1.29, 1.82) is 0 Å². The van der Waals surface area contributed by atoms with Crippen LogP contribution >= 0.6 is 0 Å². The van der Waals surface area contributed by atoms with Gasteiger partial charge in [-0.1, -0.05) is 40.0 Å². The normalized spacial score (nSPS) is 29.9. The van der Waals surface area contributed by atoms with Crippen LogP contribution in [0.25, 0.3) is 0 Å². The highest BCUT2D eigenvalue weighted by Crippen LogP contribution is 2.35. The fourth-order valence-corrected chi connectivity index (χ4v) is 2.68. The van der Waals surface area contributed by atoms with Crippen LogP contribution in [0.15, 0.2) is 0 Å². The predicted octanol–water partition coefficient (Wildman–Crippen LogP) is 3.82. The zero-order valence-electron chi connectivity index (χ0n) is 9.88. The van der Waals surface area contributed by atoms with Crippen molar-refractivity contribution >= 4 is 5.78 Å². The largest absolute Gasteiger partial charge is 0.299 e. The molecule has 0 saturated heterocycles. The van der Waals surface area contributed by atoms with Gasteiger partial charge in [0.15, 0.2) is 0 Å². The Labute approximate surface area is 88.3 Å². The maximum atomic E-state index is 11.6. The molecule has 14 heavy (non-hydrogen) atoms. The first-order valence-electron chi connectivity index (χ1n) is 6.21. The van der Waals surface area contributed by atoms with Crippen molar-refractivity contribution in [2.45, 2.75) is 59.3 Å². The van der Waals surface area contributed by atoms with E-state index in [0.717, 1.165) is 12.3 Å². The zero-order chi connectivity index (χ0) is 10.6. The van der Waals surface area contributed by atoms with Crippen LogP contribution in [0.3, 0.4) is 0 Å². The fraction of sp³-hybridized carbons (Fsp3) is 0.923. The molecule has 1 rings (SSSR count). The molecule has 0 N–H and O–H groups in total. The number of hydrogen-bond acceptors (Lipinski definition) is 1. The summed E-state index contributed by atoms with van der Waals surface area (Å²) < 4.78 is 0. The average Bonchev–Trinajstić information content (AvgIpc) is 2.27. The Morgan fingerprint density at radius 3 is 2.21 bits per heavy atom. The molecule has 1 atom stereocenters. The number of ketones is 1. The smallest absolute Gasteiger partial charge is 0.135 e. The van der Waals surface area contributed by atoms with Crippen molar-refractivity contribution in [2.24, 2.45) is 17.8 Å². The number of rotatable bonds is 4. The Kier molecular flexibility index (Phi) is 4.64. The minimum Gasteiger partial charge on any atom is -0.299 e. The average molecular weight is 196 g/mol. The summed E-state index contributed by atoms with van der Waals surface area (Å²) >= 11 is 0. The highest BCUT2D eigenvalue weighted by Gasteiger charge is 2.27. The summed E-state index contributed by atoms with van der Waals surface area (Å²) in [5.74, 6) is 2.41. The second-order valence-electron chi connectivity index (χ2n) is 4.80. The van der Waals surface area contributed by atoms with Crippen LogP contribution in [0.4, 0.5) is 0 Å².